The van der Waals surface area contributed by atoms with Crippen LogP contribution in [0.25, 0.3) is 0 Å². The average molecular weight is 344 g/mol. The summed E-state index contributed by atoms with van der Waals surface area (Å²) >= 11 is 0. The Morgan fingerprint density at radius 3 is 1.73 bits per heavy atom. The monoisotopic (exact) mass is 343 g/mol. The van der Waals surface area contributed by atoms with Crippen LogP contribution in [0.3, 0.4) is 0 Å². The minimum atomic E-state index is 0.522. The van der Waals surface area contributed by atoms with Crippen molar-refractivity contribution in [1.82, 2.24) is 4.90 Å². The van der Waals surface area contributed by atoms with Crippen LogP contribution >= 0.6 is 0 Å². The van der Waals surface area contributed by atoms with Gasteiger partial charge in [0.2, 0.25) is 0 Å². The number of benzene rings is 3. The molecule has 0 bridgehead atoms. The Kier molecular flexibility index (Phi) is 7.04. The van der Waals surface area contributed by atoms with Gasteiger partial charge in [-0.15, -0.1) is 0 Å². The average Bonchev–Trinajstić information content (AvgIpc) is 2.69. The smallest absolute Gasteiger partial charge is 0.0236 e. The first-order valence-corrected chi connectivity index (χ1v) is 9.67. The summed E-state index contributed by atoms with van der Waals surface area (Å²) in [7, 11) is 0. The number of hydrogen-bond donors (Lipinski definition) is 0. The molecule has 0 heterocycles. The molecule has 0 aliphatic heterocycles. The van der Waals surface area contributed by atoms with Crippen LogP contribution in [0.4, 0.5) is 0 Å². The molecule has 0 unspecified atom stereocenters. The van der Waals surface area contributed by atoms with Crippen LogP contribution in [0, 0.1) is 0 Å². The van der Waals surface area contributed by atoms with Crippen LogP contribution in [-0.2, 0) is 19.4 Å². The number of hydrogen-bond acceptors (Lipinski definition) is 1. The molecule has 0 spiro atoms. The first kappa shape index (κ1) is 18.4. The molecule has 134 valence electrons. The lowest BCUT2D eigenvalue weighted by Gasteiger charge is -2.29. The summed E-state index contributed by atoms with van der Waals surface area (Å²) in [6, 6.07) is 33.0. The Morgan fingerprint density at radius 1 is 0.654 bits per heavy atom. The van der Waals surface area contributed by atoms with E-state index in [1.54, 1.807) is 0 Å². The van der Waals surface area contributed by atoms with Gasteiger partial charge in [-0.1, -0.05) is 91.0 Å². The fraction of sp³-hybridized carbons (Fsp3) is 0.280. The van der Waals surface area contributed by atoms with Gasteiger partial charge in [0.1, 0.15) is 0 Å². The lowest BCUT2D eigenvalue weighted by molar-refractivity contribution is 0.196. The molecule has 0 amide bonds. The minimum Gasteiger partial charge on any atom is -0.296 e. The van der Waals surface area contributed by atoms with Crippen molar-refractivity contribution in [1.29, 1.82) is 0 Å². The molecule has 0 radical (unpaired) electrons. The van der Waals surface area contributed by atoms with Crippen LogP contribution in [0.15, 0.2) is 91.0 Å². The zero-order chi connectivity index (χ0) is 18.0. The van der Waals surface area contributed by atoms with Gasteiger partial charge in [0.15, 0.2) is 0 Å². The van der Waals surface area contributed by atoms with E-state index in [0.29, 0.717) is 6.04 Å². The molecule has 0 aliphatic rings. The van der Waals surface area contributed by atoms with Crippen molar-refractivity contribution >= 4 is 0 Å². The zero-order valence-electron chi connectivity index (χ0n) is 15.7. The number of nitrogens with zero attached hydrogens (tertiary/aromatic N) is 1. The van der Waals surface area contributed by atoms with Gasteiger partial charge >= 0.3 is 0 Å². The maximum Gasteiger partial charge on any atom is 0.0236 e. The summed E-state index contributed by atoms with van der Waals surface area (Å²) < 4.78 is 0. The highest BCUT2D eigenvalue weighted by molar-refractivity contribution is 5.18. The molecule has 1 atom stereocenters. The largest absolute Gasteiger partial charge is 0.296 e. The Morgan fingerprint density at radius 2 is 1.15 bits per heavy atom. The maximum absolute atomic E-state index is 2.63. The topological polar surface area (TPSA) is 3.24 Å². The second kappa shape index (κ2) is 9.94. The minimum absolute atomic E-state index is 0.522. The van der Waals surface area contributed by atoms with Gasteiger partial charge in [-0.3, -0.25) is 4.90 Å². The third-order valence-electron chi connectivity index (χ3n) is 4.98. The molecule has 1 nitrogen and oxygen atoms in total. The van der Waals surface area contributed by atoms with Crippen molar-refractivity contribution < 1.29 is 0 Å². The molecule has 3 aromatic carbocycles. The summed E-state index contributed by atoms with van der Waals surface area (Å²) in [5.41, 5.74) is 4.25. The van der Waals surface area contributed by atoms with E-state index < -0.39 is 0 Å². The predicted octanol–water partition coefficient (Wildman–Crippen LogP) is 5.75. The quantitative estimate of drug-likeness (QED) is 0.478. The fourth-order valence-electron chi connectivity index (χ4n) is 3.49. The number of rotatable bonds is 9. The van der Waals surface area contributed by atoms with E-state index in [4.69, 9.17) is 0 Å². The highest BCUT2D eigenvalue weighted by Gasteiger charge is 2.14. The van der Waals surface area contributed by atoms with Crippen LogP contribution in [0.5, 0.6) is 0 Å². The summed E-state index contributed by atoms with van der Waals surface area (Å²) in [5.74, 6) is 0. The summed E-state index contributed by atoms with van der Waals surface area (Å²) in [5, 5.41) is 0. The van der Waals surface area contributed by atoms with Gasteiger partial charge in [-0.25, -0.2) is 0 Å². The van der Waals surface area contributed by atoms with Crippen LogP contribution in [-0.4, -0.2) is 17.5 Å². The van der Waals surface area contributed by atoms with Crippen molar-refractivity contribution in [3.63, 3.8) is 0 Å². The van der Waals surface area contributed by atoms with Gasteiger partial charge in [-0.05, 0) is 49.4 Å². The van der Waals surface area contributed by atoms with Crippen molar-refractivity contribution in [2.45, 2.75) is 38.8 Å². The molecule has 0 aliphatic carbocycles. The van der Waals surface area contributed by atoms with Crippen molar-refractivity contribution in [3.05, 3.63) is 108 Å². The molecule has 3 rings (SSSR count). The van der Waals surface area contributed by atoms with E-state index in [-0.39, 0.29) is 0 Å². The molecule has 1 heteroatoms. The van der Waals surface area contributed by atoms with Gasteiger partial charge in [0.05, 0.1) is 0 Å². The fourth-order valence-corrected chi connectivity index (χ4v) is 3.49. The van der Waals surface area contributed by atoms with Gasteiger partial charge in [-0.2, -0.15) is 0 Å². The molecular weight excluding hydrogens is 314 g/mol. The third kappa shape index (κ3) is 5.86. The van der Waals surface area contributed by atoms with Crippen molar-refractivity contribution in [3.8, 4) is 0 Å². The van der Waals surface area contributed by atoms with Crippen molar-refractivity contribution in [2.75, 3.05) is 6.54 Å². The third-order valence-corrected chi connectivity index (χ3v) is 4.98. The highest BCUT2D eigenvalue weighted by Crippen LogP contribution is 2.14. The van der Waals surface area contributed by atoms with E-state index in [1.807, 2.05) is 0 Å². The normalized spacial score (nSPS) is 12.2. The molecule has 0 aromatic heterocycles. The SMILES string of the molecule is C[C@@H](Cc1ccccc1)N(CCCc1ccccc1)Cc1ccccc1. The van der Waals surface area contributed by atoms with E-state index in [1.165, 1.54) is 23.1 Å². The zero-order valence-corrected chi connectivity index (χ0v) is 15.7. The van der Waals surface area contributed by atoms with Crippen LogP contribution in [0.2, 0.25) is 0 Å². The van der Waals surface area contributed by atoms with Crippen LogP contribution < -0.4 is 0 Å². The Balaban J connectivity index is 1.62. The first-order valence-electron chi connectivity index (χ1n) is 9.67. The molecular formula is C25H29N. The molecule has 0 saturated carbocycles. The van der Waals surface area contributed by atoms with E-state index in [2.05, 4.69) is 103 Å². The Labute approximate surface area is 158 Å². The van der Waals surface area contributed by atoms with Crippen molar-refractivity contribution in [2.24, 2.45) is 0 Å². The lowest BCUT2D eigenvalue weighted by atomic mass is 10.0. The van der Waals surface area contributed by atoms with Gasteiger partial charge in [0, 0.05) is 12.6 Å². The van der Waals surface area contributed by atoms with E-state index in [9.17, 15) is 0 Å². The van der Waals surface area contributed by atoms with Crippen LogP contribution in [0.1, 0.15) is 30.0 Å². The summed E-state index contributed by atoms with van der Waals surface area (Å²) in [6.45, 7) is 4.50. The maximum atomic E-state index is 2.63. The van der Waals surface area contributed by atoms with Gasteiger partial charge in [0.25, 0.3) is 0 Å². The van der Waals surface area contributed by atoms with E-state index >= 15 is 0 Å². The second-order valence-corrected chi connectivity index (χ2v) is 7.08. The first-order chi connectivity index (χ1) is 12.8. The molecule has 0 N–H and O–H groups in total. The highest BCUT2D eigenvalue weighted by atomic mass is 15.1. The standard InChI is InChI=1S/C25H29N/c1-22(20-24-14-7-3-8-15-24)26(21-25-16-9-4-10-17-25)19-11-18-23-12-5-2-6-13-23/h2-10,12-17,22H,11,18-21H2,1H3/t22-/m0/s1. The van der Waals surface area contributed by atoms with Gasteiger partial charge < -0.3 is 0 Å². The predicted molar refractivity (Wildman–Crippen MR) is 111 cm³/mol. The molecule has 0 fully saturated rings. The number of aryl methyl sites for hydroxylation is 1. The molecule has 3 aromatic rings. The van der Waals surface area contributed by atoms with E-state index in [0.717, 1.165) is 25.9 Å². The lowest BCUT2D eigenvalue weighted by Crippen LogP contribution is -2.35. The Hall–Kier alpha value is -2.38. The molecule has 0 saturated heterocycles. The second-order valence-electron chi connectivity index (χ2n) is 7.08. The molecule has 26 heavy (non-hydrogen) atoms. The Bertz CT molecular complexity index is 737. The summed E-state index contributed by atoms with van der Waals surface area (Å²) in [4.78, 5) is 2.63. The summed E-state index contributed by atoms with van der Waals surface area (Å²) in [6.07, 6.45) is 3.43.